The van der Waals surface area contributed by atoms with E-state index in [1.54, 1.807) is 0 Å². The fourth-order valence-corrected chi connectivity index (χ4v) is 30.7. The van der Waals surface area contributed by atoms with E-state index in [1.165, 1.54) is 0 Å². The van der Waals surface area contributed by atoms with Gasteiger partial charge in [-0.15, -0.1) is 0 Å². The molecule has 1 N–H and O–H groups in total. The molecule has 0 aliphatic carbocycles. The first kappa shape index (κ1) is 12.6. The van der Waals surface area contributed by atoms with Gasteiger partial charge >= 0.3 is 95.5 Å². The molecule has 0 rings (SSSR count). The van der Waals surface area contributed by atoms with Crippen LogP contribution in [0.5, 0.6) is 0 Å². The molecule has 10 heavy (non-hydrogen) atoms. The number of hydrogen-bond acceptors (Lipinski definition) is 2. The average Bonchev–Trinajstić information content (AvgIpc) is 1.82. The number of nitrogens with zero attached hydrogens (tertiary/aromatic N) is 1. The van der Waals surface area contributed by atoms with Gasteiger partial charge in [-0.2, -0.15) is 0 Å². The minimum atomic E-state index is -0.992. The van der Waals surface area contributed by atoms with E-state index in [0.29, 0.717) is 0 Å². The van der Waals surface area contributed by atoms with E-state index < -0.39 is 44.1 Å². The zero-order chi connectivity index (χ0) is 8.15. The molecule has 0 aliphatic rings. The molecule has 0 aromatic heterocycles. The molecule has 0 saturated heterocycles. The molecule has 0 aliphatic heterocycles. The van der Waals surface area contributed by atoms with Crippen LogP contribution in [0.4, 0.5) is 0 Å². The van der Waals surface area contributed by atoms with E-state index in [1.807, 2.05) is 0 Å². The molecule has 5 heteroatoms. The monoisotopic (exact) mass is 731 g/mol. The first-order valence-electron chi connectivity index (χ1n) is 3.08. The molecule has 1 radical (unpaired) electrons. The summed E-state index contributed by atoms with van der Waals surface area (Å²) in [6, 6.07) is 0. The molecule has 2 nitrogen and oxygen atoms in total. The van der Waals surface area contributed by atoms with Gasteiger partial charge in [0.15, 0.2) is 0 Å². The molecular weight excluding hydrogens is 715 g/mol. The fourth-order valence-electron chi connectivity index (χ4n) is 0.244. The Kier molecular flexibility index (Phi) is 8.82. The number of nitrogens with one attached hydrogen (secondary N) is 1. The van der Waals surface area contributed by atoms with Crippen LogP contribution in [0.3, 0.4) is 0 Å². The molecule has 0 unspecified atom stereocenters. The summed E-state index contributed by atoms with van der Waals surface area (Å²) in [5.41, 5.74) is 0. The second kappa shape index (κ2) is 7.02. The van der Waals surface area contributed by atoms with Gasteiger partial charge in [-0.3, -0.25) is 0 Å². The maximum atomic E-state index is 3.79. The zero-order valence-electron chi connectivity index (χ0n) is 7.29. The van der Waals surface area contributed by atoms with Crippen LogP contribution in [0, 0.1) is 0 Å². The van der Waals surface area contributed by atoms with Crippen LogP contribution in [0.25, 0.3) is 0 Å². The van der Waals surface area contributed by atoms with Gasteiger partial charge in [0.1, 0.15) is 0 Å². The molecule has 0 aromatic rings. The van der Waals surface area contributed by atoms with Crippen molar-refractivity contribution in [3.63, 3.8) is 0 Å². The third-order valence-electron chi connectivity index (χ3n) is 0.968. The normalized spacial score (nSPS) is 12.0. The van der Waals surface area contributed by atoms with E-state index in [2.05, 4.69) is 27.6 Å². The van der Waals surface area contributed by atoms with Gasteiger partial charge in [0.25, 0.3) is 0 Å². The van der Waals surface area contributed by atoms with Crippen molar-refractivity contribution < 1.29 is 0 Å². The summed E-state index contributed by atoms with van der Waals surface area (Å²) < 4.78 is 16.3. The number of rotatable bonds is 4. The molecule has 0 bridgehead atoms. The molecule has 0 fully saturated rings. The Balaban J connectivity index is 3.30. The van der Waals surface area contributed by atoms with Crippen molar-refractivity contribution >= 4 is 67.9 Å². The molecule has 0 heterocycles. The van der Waals surface area contributed by atoms with Crippen LogP contribution in [0.1, 0.15) is 0 Å². The summed E-state index contributed by atoms with van der Waals surface area (Å²) >= 11 is -2.31. The van der Waals surface area contributed by atoms with Crippen molar-refractivity contribution in [3.05, 3.63) is 0 Å². The number of hydrogen-bond donors (Lipinski definition) is 1. The summed E-state index contributed by atoms with van der Waals surface area (Å²) in [5, 5.41) is 0. The van der Waals surface area contributed by atoms with Gasteiger partial charge in [-0.1, -0.05) is 0 Å². The van der Waals surface area contributed by atoms with Crippen molar-refractivity contribution in [2.45, 2.75) is 18.5 Å². The molecular formula is C5H16Bi3N2. The predicted molar refractivity (Wildman–Crippen MR) is 51.6 cm³/mol. The molecule has 0 saturated carbocycles. The van der Waals surface area contributed by atoms with Crippen LogP contribution >= 0.6 is 0 Å². The van der Waals surface area contributed by atoms with Crippen molar-refractivity contribution in [1.82, 2.24) is 1.99 Å². The summed E-state index contributed by atoms with van der Waals surface area (Å²) in [7, 11) is 2.33. The second-order valence-electron chi connectivity index (χ2n) is 2.43. The van der Waals surface area contributed by atoms with Crippen LogP contribution < -0.4 is 1.20 Å². The van der Waals surface area contributed by atoms with Crippen molar-refractivity contribution in [1.29, 1.82) is 0 Å². The molecule has 0 aromatic carbocycles. The predicted octanol–water partition coefficient (Wildman–Crippen LogP) is 0.544. The van der Waals surface area contributed by atoms with Crippen LogP contribution in [-0.2, 0) is 0 Å². The Hall–Kier alpha value is 2.57. The Morgan fingerprint density at radius 2 is 1.70 bits per heavy atom. The van der Waals surface area contributed by atoms with Crippen LogP contribution in [0.2, 0.25) is 18.5 Å². The minimum absolute atomic E-state index is 0.342. The topological polar surface area (TPSA) is 15.3 Å². The van der Waals surface area contributed by atoms with Gasteiger partial charge < -0.3 is 0 Å². The van der Waals surface area contributed by atoms with Crippen molar-refractivity contribution in [2.75, 3.05) is 7.05 Å². The Bertz CT molecular complexity index is 87.0. The van der Waals surface area contributed by atoms with E-state index in [9.17, 15) is 0 Å². The van der Waals surface area contributed by atoms with Crippen molar-refractivity contribution in [2.24, 2.45) is 0 Å². The van der Waals surface area contributed by atoms with E-state index >= 15 is 0 Å². The average molecular weight is 731 g/mol. The molecule has 61 valence electrons. The Morgan fingerprint density at radius 3 is 2.00 bits per heavy atom. The second-order valence-corrected chi connectivity index (χ2v) is 34.3. The quantitative estimate of drug-likeness (QED) is 0.426. The molecule has 0 spiro atoms. The van der Waals surface area contributed by atoms with Crippen LogP contribution in [-0.4, -0.2) is 75.7 Å². The van der Waals surface area contributed by atoms with E-state index in [-0.39, 0.29) is 23.8 Å². The Morgan fingerprint density at radius 1 is 1.20 bits per heavy atom. The van der Waals surface area contributed by atoms with Gasteiger partial charge in [0, 0.05) is 0 Å². The third kappa shape index (κ3) is 7.23. The molecule has 0 atom stereocenters. The summed E-state index contributed by atoms with van der Waals surface area (Å²) in [5.74, 6) is 0. The van der Waals surface area contributed by atoms with Gasteiger partial charge in [-0.05, 0) is 0 Å². The standard InChI is InChI=1S/CH3N.4CH3.3Bi.HN/c1-2;;;;;;;;/h1H3;4*1H3;;;;1H. The van der Waals surface area contributed by atoms with Crippen LogP contribution in [0.15, 0.2) is 0 Å². The van der Waals surface area contributed by atoms with E-state index in [0.717, 1.165) is 0 Å². The molecule has 0 amide bonds. The summed E-state index contributed by atoms with van der Waals surface area (Å²) in [6.45, 7) is 0. The first-order chi connectivity index (χ1) is 4.54. The zero-order valence-corrected chi connectivity index (χ0v) is 17.7. The maximum absolute atomic E-state index is 3.79. The van der Waals surface area contributed by atoms with Crippen molar-refractivity contribution in [3.8, 4) is 0 Å². The van der Waals surface area contributed by atoms with Gasteiger partial charge in [-0.25, -0.2) is 0 Å². The fraction of sp³-hybridized carbons (Fsp3) is 1.00. The van der Waals surface area contributed by atoms with E-state index in [4.69, 9.17) is 0 Å². The SMILES string of the molecule is C[N]([Bi][NH][Bi]([CH3])[CH3])[Bi]([CH3])[CH3]. The van der Waals surface area contributed by atoms with Gasteiger partial charge in [0.2, 0.25) is 0 Å². The Labute approximate surface area is 93.7 Å². The van der Waals surface area contributed by atoms with Gasteiger partial charge in [0.05, 0.1) is 0 Å². The summed E-state index contributed by atoms with van der Waals surface area (Å²) in [4.78, 5) is 0. The summed E-state index contributed by atoms with van der Waals surface area (Å²) in [6.07, 6.45) is 0. The first-order valence-corrected chi connectivity index (χ1v) is 23.6. The third-order valence-corrected chi connectivity index (χ3v) is 40.4.